The number of imide groups is 1. The molecule has 29 heavy (non-hydrogen) atoms. The van der Waals surface area contributed by atoms with Crippen molar-refractivity contribution < 1.29 is 14.3 Å². The molecule has 1 heterocycles. The summed E-state index contributed by atoms with van der Waals surface area (Å²) < 4.78 is 6.68. The van der Waals surface area contributed by atoms with Gasteiger partial charge in [0.2, 0.25) is 0 Å². The minimum atomic E-state index is -0.316. The van der Waals surface area contributed by atoms with Gasteiger partial charge in [-0.1, -0.05) is 54.1 Å². The number of halogens is 2. The highest BCUT2D eigenvalue weighted by Gasteiger charge is 2.31. The molecule has 1 saturated heterocycles. The molecule has 0 spiro atoms. The van der Waals surface area contributed by atoms with E-state index >= 15 is 0 Å². The van der Waals surface area contributed by atoms with E-state index in [1.165, 1.54) is 7.05 Å². The average Bonchev–Trinajstić information content (AvgIpc) is 2.94. The number of benzene rings is 3. The molecule has 2 amide bonds. The molecule has 0 aliphatic carbocycles. The summed E-state index contributed by atoms with van der Waals surface area (Å²) in [6.45, 7) is 0.369. The van der Waals surface area contributed by atoms with Crippen molar-refractivity contribution in [3.63, 3.8) is 0 Å². The highest BCUT2D eigenvalue weighted by atomic mass is 79.9. The van der Waals surface area contributed by atoms with Crippen LogP contribution in [0.5, 0.6) is 5.75 Å². The zero-order valence-electron chi connectivity index (χ0n) is 15.3. The first-order valence-electron chi connectivity index (χ1n) is 8.74. The van der Waals surface area contributed by atoms with Crippen LogP contribution in [0.15, 0.2) is 64.0 Å². The van der Waals surface area contributed by atoms with E-state index in [9.17, 15) is 9.59 Å². The van der Waals surface area contributed by atoms with Gasteiger partial charge >= 0.3 is 0 Å². The summed E-state index contributed by atoms with van der Waals surface area (Å²) in [6, 6.07) is 17.8. The maximum absolute atomic E-state index is 12.1. The Morgan fingerprint density at radius 2 is 1.90 bits per heavy atom. The lowest BCUT2D eigenvalue weighted by molar-refractivity contribution is -0.121. The van der Waals surface area contributed by atoms with E-state index < -0.39 is 0 Å². The van der Waals surface area contributed by atoms with Crippen molar-refractivity contribution in [2.45, 2.75) is 6.61 Å². The van der Waals surface area contributed by atoms with Gasteiger partial charge in [-0.05, 0) is 67.8 Å². The van der Waals surface area contributed by atoms with E-state index in [4.69, 9.17) is 16.3 Å². The molecule has 0 unspecified atom stereocenters. The third-order valence-corrected chi connectivity index (χ3v) is 6.39. The zero-order valence-corrected chi connectivity index (χ0v) is 18.5. The number of rotatable bonds is 4. The number of likely N-dealkylation sites (N-methyl/N-ethyl adjacent to an activating group) is 1. The second kappa shape index (κ2) is 8.22. The topological polar surface area (TPSA) is 46.6 Å². The lowest BCUT2D eigenvalue weighted by Crippen LogP contribution is -2.22. The van der Waals surface area contributed by atoms with Gasteiger partial charge in [0, 0.05) is 7.05 Å². The van der Waals surface area contributed by atoms with Crippen molar-refractivity contribution >= 4 is 67.3 Å². The number of amides is 2. The molecule has 146 valence electrons. The van der Waals surface area contributed by atoms with Crippen molar-refractivity contribution in [3.05, 3.63) is 80.1 Å². The fourth-order valence-electron chi connectivity index (χ4n) is 3.07. The maximum Gasteiger partial charge on any atom is 0.293 e. The van der Waals surface area contributed by atoms with Crippen molar-refractivity contribution in [2.75, 3.05) is 7.05 Å². The summed E-state index contributed by atoms with van der Waals surface area (Å²) in [4.78, 5) is 25.2. The second-order valence-electron chi connectivity index (χ2n) is 6.48. The van der Waals surface area contributed by atoms with Gasteiger partial charge < -0.3 is 4.74 Å². The van der Waals surface area contributed by atoms with Gasteiger partial charge in [0.15, 0.2) is 5.75 Å². The molecule has 0 aromatic heterocycles. The molecule has 0 N–H and O–H groups in total. The fourth-order valence-corrected chi connectivity index (χ4v) is 4.88. The lowest BCUT2D eigenvalue weighted by atomic mass is 10.1. The standard InChI is InChI=1S/C22H15BrClNO3S/c1-25-21(26)19(29-22(25)27)11-13-9-17(23)20(18(24)10-13)28-12-15-7-4-6-14-5-2-3-8-16(14)15/h2-11H,12H2,1H3/b19-11-. The summed E-state index contributed by atoms with van der Waals surface area (Å²) >= 11 is 10.9. The Morgan fingerprint density at radius 1 is 1.14 bits per heavy atom. The predicted octanol–water partition coefficient (Wildman–Crippen LogP) is 6.50. The fraction of sp³-hybridized carbons (Fsp3) is 0.0909. The molecule has 1 aliphatic rings. The van der Waals surface area contributed by atoms with Gasteiger partial charge in [-0.3, -0.25) is 14.5 Å². The van der Waals surface area contributed by atoms with Crippen LogP contribution in [-0.2, 0) is 11.4 Å². The number of carbonyl (C=O) groups excluding carboxylic acids is 2. The van der Waals surface area contributed by atoms with Gasteiger partial charge in [0.25, 0.3) is 11.1 Å². The van der Waals surface area contributed by atoms with Crippen LogP contribution in [0.3, 0.4) is 0 Å². The van der Waals surface area contributed by atoms with Crippen molar-refractivity contribution in [1.82, 2.24) is 4.90 Å². The Bertz CT molecular complexity index is 1150. The third-order valence-electron chi connectivity index (χ3n) is 4.56. The van der Waals surface area contributed by atoms with Crippen LogP contribution < -0.4 is 4.74 Å². The lowest BCUT2D eigenvalue weighted by Gasteiger charge is -2.13. The van der Waals surface area contributed by atoms with E-state index in [0.717, 1.165) is 33.0 Å². The first-order chi connectivity index (χ1) is 13.9. The van der Waals surface area contributed by atoms with E-state index in [2.05, 4.69) is 34.1 Å². The van der Waals surface area contributed by atoms with Crippen LogP contribution in [0.4, 0.5) is 4.79 Å². The second-order valence-corrected chi connectivity index (χ2v) is 8.74. The smallest absolute Gasteiger partial charge is 0.293 e. The summed E-state index contributed by atoms with van der Waals surface area (Å²) in [7, 11) is 1.46. The molecule has 0 saturated carbocycles. The largest absolute Gasteiger partial charge is 0.486 e. The van der Waals surface area contributed by atoms with Gasteiger partial charge in [-0.25, -0.2) is 0 Å². The minimum absolute atomic E-state index is 0.290. The molecule has 7 heteroatoms. The highest BCUT2D eigenvalue weighted by Crippen LogP contribution is 2.38. The van der Waals surface area contributed by atoms with Crippen molar-refractivity contribution in [2.24, 2.45) is 0 Å². The predicted molar refractivity (Wildman–Crippen MR) is 121 cm³/mol. The first kappa shape index (κ1) is 20.0. The molecular formula is C22H15BrClNO3S. The number of fused-ring (bicyclic) bond motifs is 1. The maximum atomic E-state index is 12.1. The van der Waals surface area contributed by atoms with Crippen LogP contribution in [0.2, 0.25) is 5.02 Å². The van der Waals surface area contributed by atoms with Crippen molar-refractivity contribution in [3.8, 4) is 5.75 Å². The van der Waals surface area contributed by atoms with E-state index in [-0.39, 0.29) is 11.1 Å². The van der Waals surface area contributed by atoms with Gasteiger partial charge in [-0.15, -0.1) is 0 Å². The Morgan fingerprint density at radius 3 is 2.62 bits per heavy atom. The average molecular weight is 489 g/mol. The van der Waals surface area contributed by atoms with Crippen molar-refractivity contribution in [1.29, 1.82) is 0 Å². The molecular weight excluding hydrogens is 474 g/mol. The number of hydrogen-bond donors (Lipinski definition) is 0. The summed E-state index contributed by atoms with van der Waals surface area (Å²) in [5.74, 6) is 0.212. The number of ether oxygens (including phenoxy) is 1. The van der Waals surface area contributed by atoms with E-state index in [1.54, 1.807) is 12.1 Å². The number of hydrogen-bond acceptors (Lipinski definition) is 4. The normalized spacial score (nSPS) is 15.6. The molecule has 0 bridgehead atoms. The molecule has 3 aromatic rings. The molecule has 3 aromatic carbocycles. The monoisotopic (exact) mass is 487 g/mol. The molecule has 4 rings (SSSR count). The molecule has 0 radical (unpaired) electrons. The first-order valence-corrected chi connectivity index (χ1v) is 10.7. The zero-order chi connectivity index (χ0) is 20.5. The highest BCUT2D eigenvalue weighted by molar-refractivity contribution is 9.10. The molecule has 1 fully saturated rings. The Labute approximate surface area is 185 Å². The summed E-state index contributed by atoms with van der Waals surface area (Å²) in [5.41, 5.74) is 1.77. The summed E-state index contributed by atoms with van der Waals surface area (Å²) in [5, 5.41) is 2.41. The molecule has 1 aliphatic heterocycles. The molecule has 4 nitrogen and oxygen atoms in total. The number of nitrogens with zero attached hydrogens (tertiary/aromatic N) is 1. The van der Waals surface area contributed by atoms with Crippen LogP contribution in [0.1, 0.15) is 11.1 Å². The van der Waals surface area contributed by atoms with Crippen LogP contribution in [-0.4, -0.2) is 23.1 Å². The van der Waals surface area contributed by atoms with Crippen LogP contribution >= 0.6 is 39.3 Å². The Kier molecular flexibility index (Phi) is 5.67. The number of thioether (sulfide) groups is 1. The quantitative estimate of drug-likeness (QED) is 0.393. The number of carbonyl (C=O) groups is 2. The van der Waals surface area contributed by atoms with Crippen LogP contribution in [0.25, 0.3) is 16.8 Å². The van der Waals surface area contributed by atoms with Gasteiger partial charge in [0.1, 0.15) is 6.61 Å². The third kappa shape index (κ3) is 4.06. The Hall–Kier alpha value is -2.28. The SMILES string of the molecule is CN1C(=O)S/C(=C\c2cc(Cl)c(OCc3cccc4ccccc34)c(Br)c2)C1=O. The molecule has 0 atom stereocenters. The van der Waals surface area contributed by atoms with E-state index in [0.29, 0.717) is 32.3 Å². The summed E-state index contributed by atoms with van der Waals surface area (Å²) in [6.07, 6.45) is 1.65. The minimum Gasteiger partial charge on any atom is -0.486 e. The van der Waals surface area contributed by atoms with Gasteiger partial charge in [0.05, 0.1) is 14.4 Å². The Balaban J connectivity index is 1.58. The van der Waals surface area contributed by atoms with E-state index in [1.807, 2.05) is 30.3 Å². The van der Waals surface area contributed by atoms with Crippen LogP contribution in [0, 0.1) is 0 Å². The van der Waals surface area contributed by atoms with Gasteiger partial charge in [-0.2, -0.15) is 0 Å².